The number of hydrogen-bond donors (Lipinski definition) is 1. The molecule has 19 heavy (non-hydrogen) atoms. The summed E-state index contributed by atoms with van der Waals surface area (Å²) in [6, 6.07) is 0. The molecule has 1 aromatic heterocycles. The summed E-state index contributed by atoms with van der Waals surface area (Å²) in [4.78, 5) is 13.0. The quantitative estimate of drug-likeness (QED) is 0.673. The zero-order valence-corrected chi connectivity index (χ0v) is 8.43. The normalized spacial score (nSPS) is 12.4. The van der Waals surface area contributed by atoms with Crippen molar-refractivity contribution in [1.29, 1.82) is 0 Å². The van der Waals surface area contributed by atoms with Crippen LogP contribution < -0.4 is 4.74 Å². The minimum atomic E-state index is -5.63. The Labute approximate surface area is 99.0 Å². The second-order valence-electron chi connectivity index (χ2n) is 3.02. The van der Waals surface area contributed by atoms with Crippen molar-refractivity contribution in [3.05, 3.63) is 23.3 Å². The molecule has 0 aliphatic heterocycles. The molecule has 0 unspecified atom stereocenters. The van der Waals surface area contributed by atoms with Crippen LogP contribution in [-0.4, -0.2) is 22.4 Å². The molecule has 0 saturated heterocycles. The van der Waals surface area contributed by atoms with Gasteiger partial charge >= 0.3 is 18.5 Å². The van der Waals surface area contributed by atoms with Gasteiger partial charge in [-0.25, -0.2) is 9.78 Å². The van der Waals surface area contributed by atoms with Crippen molar-refractivity contribution in [3.8, 4) is 5.75 Å². The summed E-state index contributed by atoms with van der Waals surface area (Å²) in [6.45, 7) is 0. The van der Waals surface area contributed by atoms with Crippen LogP contribution >= 0.6 is 0 Å². The Hall–Kier alpha value is -2.07. The van der Waals surface area contributed by atoms with Crippen molar-refractivity contribution in [2.24, 2.45) is 0 Å². The molecule has 0 aliphatic carbocycles. The first-order valence-corrected chi connectivity index (χ1v) is 4.18. The van der Waals surface area contributed by atoms with Gasteiger partial charge < -0.3 is 9.84 Å². The number of carboxylic acids is 1. The van der Waals surface area contributed by atoms with Gasteiger partial charge in [-0.15, -0.1) is 13.2 Å². The standard InChI is InChI=1S/C8H2F7NO3/c9-5-3(6(17)18)4(19-8(13,14)15)2(1-16-5)7(10,11)12/h1H,(H,17,18). The molecule has 0 radical (unpaired) electrons. The molecule has 1 aromatic rings. The Morgan fingerprint density at radius 1 is 1.21 bits per heavy atom. The van der Waals surface area contributed by atoms with Gasteiger partial charge in [0.2, 0.25) is 5.95 Å². The average Bonchev–Trinajstić information content (AvgIpc) is 2.11. The fraction of sp³-hybridized carbons (Fsp3) is 0.250. The van der Waals surface area contributed by atoms with Crippen LogP contribution in [0.4, 0.5) is 30.7 Å². The van der Waals surface area contributed by atoms with Gasteiger partial charge in [-0.3, -0.25) is 0 Å². The zero-order valence-electron chi connectivity index (χ0n) is 8.43. The smallest absolute Gasteiger partial charge is 0.477 e. The van der Waals surface area contributed by atoms with Crippen molar-refractivity contribution < 1.29 is 45.4 Å². The molecule has 0 aromatic carbocycles. The van der Waals surface area contributed by atoms with Crippen molar-refractivity contribution in [3.63, 3.8) is 0 Å². The lowest BCUT2D eigenvalue weighted by Gasteiger charge is -2.16. The number of pyridine rings is 1. The third-order valence-electron chi connectivity index (χ3n) is 1.72. The number of alkyl halides is 6. The molecule has 0 bridgehead atoms. The van der Waals surface area contributed by atoms with Crippen LogP contribution in [0.25, 0.3) is 0 Å². The summed E-state index contributed by atoms with van der Waals surface area (Å²) >= 11 is 0. The molecule has 1 heterocycles. The van der Waals surface area contributed by atoms with Crippen molar-refractivity contribution in [2.75, 3.05) is 0 Å². The monoisotopic (exact) mass is 293 g/mol. The fourth-order valence-corrected chi connectivity index (χ4v) is 1.08. The third-order valence-corrected chi connectivity index (χ3v) is 1.72. The van der Waals surface area contributed by atoms with Crippen LogP contribution in [0.2, 0.25) is 0 Å². The molecular formula is C8H2F7NO3. The number of aromatic nitrogens is 1. The van der Waals surface area contributed by atoms with Crippen LogP contribution in [0.1, 0.15) is 15.9 Å². The van der Waals surface area contributed by atoms with Crippen LogP contribution in [0.5, 0.6) is 5.75 Å². The highest BCUT2D eigenvalue weighted by atomic mass is 19.4. The van der Waals surface area contributed by atoms with Gasteiger partial charge in [0.15, 0.2) is 11.3 Å². The van der Waals surface area contributed by atoms with Crippen molar-refractivity contribution in [2.45, 2.75) is 12.5 Å². The van der Waals surface area contributed by atoms with Crippen molar-refractivity contribution >= 4 is 5.97 Å². The molecule has 106 valence electrons. The van der Waals surface area contributed by atoms with E-state index in [9.17, 15) is 35.5 Å². The number of carbonyl (C=O) groups is 1. The number of ether oxygens (including phenoxy) is 1. The molecule has 1 rings (SSSR count). The van der Waals surface area contributed by atoms with E-state index in [0.717, 1.165) is 0 Å². The summed E-state index contributed by atoms with van der Waals surface area (Å²) in [5.41, 5.74) is -4.10. The topological polar surface area (TPSA) is 59.4 Å². The van der Waals surface area contributed by atoms with Gasteiger partial charge in [0.1, 0.15) is 5.56 Å². The lowest BCUT2D eigenvalue weighted by atomic mass is 10.1. The second-order valence-corrected chi connectivity index (χ2v) is 3.02. The number of rotatable bonds is 2. The Kier molecular flexibility index (Phi) is 3.59. The molecule has 0 saturated carbocycles. The summed E-state index contributed by atoms with van der Waals surface area (Å²) < 4.78 is 89.0. The van der Waals surface area contributed by atoms with Gasteiger partial charge in [-0.1, -0.05) is 0 Å². The SMILES string of the molecule is O=C(O)c1c(F)ncc(C(F)(F)F)c1OC(F)(F)F. The molecule has 1 N–H and O–H groups in total. The van der Waals surface area contributed by atoms with Gasteiger partial charge in [-0.05, 0) is 0 Å². The largest absolute Gasteiger partial charge is 0.573 e. The fourth-order valence-electron chi connectivity index (χ4n) is 1.08. The number of aromatic carboxylic acids is 1. The average molecular weight is 293 g/mol. The Bertz CT molecular complexity index is 508. The maximum Gasteiger partial charge on any atom is 0.573 e. The van der Waals surface area contributed by atoms with E-state index in [1.54, 1.807) is 0 Å². The molecule has 0 spiro atoms. The van der Waals surface area contributed by atoms with E-state index < -0.39 is 41.3 Å². The van der Waals surface area contributed by atoms with E-state index >= 15 is 0 Å². The maximum absolute atomic E-state index is 12.9. The first kappa shape index (κ1) is 15.0. The number of nitrogens with zero attached hydrogens (tertiary/aromatic N) is 1. The maximum atomic E-state index is 12.9. The first-order chi connectivity index (χ1) is 8.43. The Morgan fingerprint density at radius 3 is 2.11 bits per heavy atom. The summed E-state index contributed by atoms with van der Waals surface area (Å²) in [5.74, 6) is -6.60. The number of carboxylic acid groups (broad SMARTS) is 1. The first-order valence-electron chi connectivity index (χ1n) is 4.18. The van der Waals surface area contributed by atoms with Gasteiger partial charge in [0.05, 0.1) is 0 Å². The molecule has 0 atom stereocenters. The predicted molar refractivity (Wildman–Crippen MR) is 42.8 cm³/mol. The lowest BCUT2D eigenvalue weighted by molar-refractivity contribution is -0.276. The highest BCUT2D eigenvalue weighted by Gasteiger charge is 2.43. The van der Waals surface area contributed by atoms with Crippen LogP contribution in [0.15, 0.2) is 6.20 Å². The molecule has 0 amide bonds. The molecule has 11 heteroatoms. The van der Waals surface area contributed by atoms with Crippen LogP contribution in [-0.2, 0) is 6.18 Å². The highest BCUT2D eigenvalue weighted by Crippen LogP contribution is 2.40. The predicted octanol–water partition coefficient (Wildman–Crippen LogP) is 2.84. The molecular weight excluding hydrogens is 291 g/mol. The van der Waals surface area contributed by atoms with Crippen LogP contribution in [0, 0.1) is 5.95 Å². The van der Waals surface area contributed by atoms with Crippen LogP contribution in [0.3, 0.4) is 0 Å². The van der Waals surface area contributed by atoms with E-state index in [1.165, 1.54) is 0 Å². The van der Waals surface area contributed by atoms with E-state index in [-0.39, 0.29) is 6.20 Å². The van der Waals surface area contributed by atoms with E-state index in [2.05, 4.69) is 9.72 Å². The minimum absolute atomic E-state index is 0.289. The highest BCUT2D eigenvalue weighted by molar-refractivity contribution is 5.91. The molecule has 0 fully saturated rings. The number of hydrogen-bond acceptors (Lipinski definition) is 3. The van der Waals surface area contributed by atoms with Gasteiger partial charge in [0, 0.05) is 6.20 Å². The van der Waals surface area contributed by atoms with Crippen molar-refractivity contribution in [1.82, 2.24) is 4.98 Å². The zero-order chi connectivity index (χ0) is 15.0. The van der Waals surface area contributed by atoms with E-state index in [4.69, 9.17) is 5.11 Å². The number of halogens is 7. The Morgan fingerprint density at radius 2 is 1.74 bits per heavy atom. The third kappa shape index (κ3) is 3.45. The van der Waals surface area contributed by atoms with Gasteiger partial charge in [0.25, 0.3) is 0 Å². The Balaban J connectivity index is 3.59. The minimum Gasteiger partial charge on any atom is -0.477 e. The lowest BCUT2D eigenvalue weighted by Crippen LogP contribution is -2.23. The van der Waals surface area contributed by atoms with E-state index in [1.807, 2.05) is 0 Å². The van der Waals surface area contributed by atoms with E-state index in [0.29, 0.717) is 0 Å². The summed E-state index contributed by atoms with van der Waals surface area (Å²) in [6.07, 6.45) is -11.3. The summed E-state index contributed by atoms with van der Waals surface area (Å²) in [5, 5.41) is 8.44. The summed E-state index contributed by atoms with van der Waals surface area (Å²) in [7, 11) is 0. The second kappa shape index (κ2) is 4.55. The molecule has 4 nitrogen and oxygen atoms in total. The van der Waals surface area contributed by atoms with Gasteiger partial charge in [-0.2, -0.15) is 17.6 Å². The molecule has 0 aliphatic rings.